The van der Waals surface area contributed by atoms with Crippen molar-refractivity contribution in [3.05, 3.63) is 58.7 Å². The van der Waals surface area contributed by atoms with Gasteiger partial charge in [-0.2, -0.15) is 0 Å². The molecule has 3 heterocycles. The molecule has 3 aromatic rings. The largest absolute Gasteiger partial charge is 0.352 e. The van der Waals surface area contributed by atoms with Gasteiger partial charge in [-0.15, -0.1) is 0 Å². The van der Waals surface area contributed by atoms with E-state index in [1.165, 1.54) is 0 Å². The number of aromatic amines is 1. The number of hydrogen-bond donors (Lipinski definition) is 2. The van der Waals surface area contributed by atoms with Crippen molar-refractivity contribution in [1.29, 1.82) is 0 Å². The van der Waals surface area contributed by atoms with Gasteiger partial charge in [-0.1, -0.05) is 12.1 Å². The van der Waals surface area contributed by atoms with Crippen molar-refractivity contribution in [3.8, 4) is 0 Å². The van der Waals surface area contributed by atoms with Crippen LogP contribution in [0.25, 0.3) is 10.9 Å². The summed E-state index contributed by atoms with van der Waals surface area (Å²) in [6, 6.07) is 7.32. The Labute approximate surface area is 144 Å². The lowest BCUT2D eigenvalue weighted by Crippen LogP contribution is -2.41. The fourth-order valence-corrected chi connectivity index (χ4v) is 3.27. The minimum absolute atomic E-state index is 0.0237. The summed E-state index contributed by atoms with van der Waals surface area (Å²) in [4.78, 5) is 35.8. The van der Waals surface area contributed by atoms with Crippen molar-refractivity contribution in [3.63, 3.8) is 0 Å². The van der Waals surface area contributed by atoms with Crippen molar-refractivity contribution in [2.45, 2.75) is 38.3 Å². The van der Waals surface area contributed by atoms with Crippen LogP contribution in [0, 0.1) is 0 Å². The maximum atomic E-state index is 12.2. The van der Waals surface area contributed by atoms with Gasteiger partial charge in [-0.25, -0.2) is 9.97 Å². The number of nitrogens with zero attached hydrogens (tertiary/aromatic N) is 3. The molecule has 0 spiro atoms. The molecule has 0 unspecified atom stereocenters. The fourth-order valence-electron chi connectivity index (χ4n) is 3.27. The van der Waals surface area contributed by atoms with Gasteiger partial charge in [-0.05, 0) is 18.6 Å². The van der Waals surface area contributed by atoms with Crippen LogP contribution in [0.4, 0.5) is 0 Å². The number of nitrogens with one attached hydrogen (secondary N) is 2. The minimum atomic E-state index is -0.166. The van der Waals surface area contributed by atoms with E-state index in [2.05, 4.69) is 24.8 Å². The summed E-state index contributed by atoms with van der Waals surface area (Å²) in [6.45, 7) is 0.756. The number of carbonyl (C=O) groups excluding carboxylic acids is 1. The lowest BCUT2D eigenvalue weighted by atomic mass is 10.1. The summed E-state index contributed by atoms with van der Waals surface area (Å²) in [5.41, 5.74) is 0.488. The van der Waals surface area contributed by atoms with Crippen molar-refractivity contribution >= 4 is 16.8 Å². The van der Waals surface area contributed by atoms with Crippen LogP contribution in [0.5, 0.6) is 0 Å². The smallest absolute Gasteiger partial charge is 0.258 e. The molecule has 1 aromatic carbocycles. The van der Waals surface area contributed by atoms with Crippen LogP contribution in [-0.2, 0) is 24.2 Å². The zero-order chi connectivity index (χ0) is 17.2. The van der Waals surface area contributed by atoms with Crippen LogP contribution in [-0.4, -0.2) is 31.5 Å². The Hall–Kier alpha value is -2.96. The van der Waals surface area contributed by atoms with Crippen LogP contribution >= 0.6 is 0 Å². The van der Waals surface area contributed by atoms with E-state index in [-0.39, 0.29) is 17.5 Å². The highest BCUT2D eigenvalue weighted by molar-refractivity contribution is 5.78. The third-order valence-electron chi connectivity index (χ3n) is 4.55. The monoisotopic (exact) mass is 337 g/mol. The van der Waals surface area contributed by atoms with Gasteiger partial charge in [0.2, 0.25) is 5.91 Å². The van der Waals surface area contributed by atoms with E-state index in [0.717, 1.165) is 25.2 Å². The van der Waals surface area contributed by atoms with Crippen LogP contribution in [0.15, 0.2) is 41.5 Å². The van der Waals surface area contributed by atoms with Gasteiger partial charge in [0.15, 0.2) is 0 Å². The number of amides is 1. The number of aromatic nitrogens is 4. The zero-order valence-electron chi connectivity index (χ0n) is 13.7. The summed E-state index contributed by atoms with van der Waals surface area (Å²) < 4.78 is 2.08. The van der Waals surface area contributed by atoms with Crippen LogP contribution in [0.3, 0.4) is 0 Å². The standard InChI is InChI=1S/C18H19N5O2/c24-17(20-12-5-7-16-19-9-10-23(16)11-12)8-6-15-21-14-4-2-1-3-13(14)18(25)22-15/h1-4,9-10,12H,5-8,11H2,(H,20,24)(H,21,22,25)/t12-/m0/s1. The van der Waals surface area contributed by atoms with Crippen LogP contribution in [0.2, 0.25) is 0 Å². The number of imidazole rings is 1. The van der Waals surface area contributed by atoms with Gasteiger partial charge < -0.3 is 14.9 Å². The fraction of sp³-hybridized carbons (Fsp3) is 0.333. The van der Waals surface area contributed by atoms with Gasteiger partial charge in [0.05, 0.1) is 10.9 Å². The third kappa shape index (κ3) is 3.31. The van der Waals surface area contributed by atoms with Gasteiger partial charge in [0, 0.05) is 44.2 Å². The molecule has 2 N–H and O–H groups in total. The summed E-state index contributed by atoms with van der Waals surface area (Å²) in [5.74, 6) is 1.59. The second-order valence-electron chi connectivity index (χ2n) is 6.33. The third-order valence-corrected chi connectivity index (χ3v) is 4.55. The second-order valence-corrected chi connectivity index (χ2v) is 6.33. The lowest BCUT2D eigenvalue weighted by Gasteiger charge is -2.24. The Morgan fingerprint density at radius 1 is 1.36 bits per heavy atom. The van der Waals surface area contributed by atoms with E-state index in [1.807, 2.05) is 18.3 Å². The summed E-state index contributed by atoms with van der Waals surface area (Å²) in [7, 11) is 0. The first-order chi connectivity index (χ1) is 12.2. The van der Waals surface area contributed by atoms with Crippen LogP contribution in [0.1, 0.15) is 24.5 Å². The average molecular weight is 337 g/mol. The molecule has 0 radical (unpaired) electrons. The summed E-state index contributed by atoms with van der Waals surface area (Å²) in [5, 5.41) is 3.63. The second kappa shape index (κ2) is 6.51. The molecular weight excluding hydrogens is 318 g/mol. The number of H-pyrrole nitrogens is 1. The van der Waals surface area contributed by atoms with E-state index >= 15 is 0 Å². The van der Waals surface area contributed by atoms with Crippen LogP contribution < -0.4 is 10.9 Å². The first-order valence-corrected chi connectivity index (χ1v) is 8.46. The summed E-state index contributed by atoms with van der Waals surface area (Å²) >= 11 is 0. The SMILES string of the molecule is O=C(CCc1nc2ccccc2c(=O)[nH]1)N[C@H]1CCc2nccn2C1. The number of rotatable bonds is 4. The number of hydrogen-bond acceptors (Lipinski definition) is 4. The van der Waals surface area contributed by atoms with Gasteiger partial charge >= 0.3 is 0 Å². The molecule has 7 heteroatoms. The van der Waals surface area contributed by atoms with Gasteiger partial charge in [0.25, 0.3) is 5.56 Å². The number of fused-ring (bicyclic) bond motifs is 2. The van der Waals surface area contributed by atoms with Crippen molar-refractivity contribution in [1.82, 2.24) is 24.8 Å². The normalized spacial score (nSPS) is 16.6. The van der Waals surface area contributed by atoms with E-state index < -0.39 is 0 Å². The van der Waals surface area contributed by atoms with E-state index in [1.54, 1.807) is 18.3 Å². The maximum Gasteiger partial charge on any atom is 0.258 e. The van der Waals surface area contributed by atoms with Gasteiger partial charge in [-0.3, -0.25) is 9.59 Å². The zero-order valence-corrected chi connectivity index (χ0v) is 13.7. The highest BCUT2D eigenvalue weighted by Gasteiger charge is 2.20. The molecule has 1 atom stereocenters. The Morgan fingerprint density at radius 2 is 2.24 bits per heavy atom. The molecule has 0 bridgehead atoms. The topological polar surface area (TPSA) is 92.7 Å². The number of benzene rings is 1. The Kier molecular flexibility index (Phi) is 4.05. The molecule has 25 heavy (non-hydrogen) atoms. The van der Waals surface area contributed by atoms with E-state index in [0.29, 0.717) is 29.6 Å². The highest BCUT2D eigenvalue weighted by atomic mass is 16.1. The first kappa shape index (κ1) is 15.6. The molecule has 2 aromatic heterocycles. The average Bonchev–Trinajstić information content (AvgIpc) is 3.08. The predicted molar refractivity (Wildman–Crippen MR) is 93.2 cm³/mol. The molecule has 4 rings (SSSR count). The first-order valence-electron chi connectivity index (χ1n) is 8.46. The van der Waals surface area contributed by atoms with Crippen molar-refractivity contribution < 1.29 is 4.79 Å². The maximum absolute atomic E-state index is 12.2. The van der Waals surface area contributed by atoms with Crippen molar-refractivity contribution in [2.75, 3.05) is 0 Å². The number of para-hydroxylation sites is 1. The lowest BCUT2D eigenvalue weighted by molar-refractivity contribution is -0.122. The predicted octanol–water partition coefficient (Wildman–Crippen LogP) is 1.18. The quantitative estimate of drug-likeness (QED) is 0.748. The Morgan fingerprint density at radius 3 is 3.16 bits per heavy atom. The number of carbonyl (C=O) groups is 1. The summed E-state index contributed by atoms with van der Waals surface area (Å²) in [6.07, 6.45) is 6.22. The van der Waals surface area contributed by atoms with Gasteiger partial charge in [0.1, 0.15) is 11.6 Å². The molecule has 1 aliphatic heterocycles. The number of aryl methyl sites for hydroxylation is 2. The molecular formula is C18H19N5O2. The molecule has 0 aliphatic carbocycles. The van der Waals surface area contributed by atoms with E-state index in [9.17, 15) is 9.59 Å². The molecule has 0 saturated heterocycles. The molecule has 0 fully saturated rings. The van der Waals surface area contributed by atoms with E-state index in [4.69, 9.17) is 0 Å². The van der Waals surface area contributed by atoms with Crippen molar-refractivity contribution in [2.24, 2.45) is 0 Å². The Bertz CT molecular complexity index is 975. The minimum Gasteiger partial charge on any atom is -0.352 e. The molecule has 1 amide bonds. The highest BCUT2D eigenvalue weighted by Crippen LogP contribution is 2.13. The molecule has 0 saturated carbocycles. The molecule has 7 nitrogen and oxygen atoms in total. The Balaban J connectivity index is 1.37. The molecule has 1 aliphatic rings. The molecule has 128 valence electrons.